The van der Waals surface area contributed by atoms with Crippen molar-refractivity contribution in [3.05, 3.63) is 42.1 Å². The molecule has 0 atom stereocenters. The molecule has 1 saturated heterocycles. The van der Waals surface area contributed by atoms with Crippen LogP contribution in [0.5, 0.6) is 0 Å². The van der Waals surface area contributed by atoms with E-state index in [2.05, 4.69) is 10.4 Å². The number of anilines is 1. The molecule has 1 aliphatic heterocycles. The van der Waals surface area contributed by atoms with E-state index in [-0.39, 0.29) is 16.6 Å². The third kappa shape index (κ3) is 2.66. The number of nitrogens with one attached hydrogen (secondary N) is 1. The molecule has 0 bridgehead atoms. The summed E-state index contributed by atoms with van der Waals surface area (Å²) < 4.78 is 26.6. The predicted octanol–water partition coefficient (Wildman–Crippen LogP) is 1.17. The van der Waals surface area contributed by atoms with Gasteiger partial charge in [-0.15, -0.1) is 5.10 Å². The molecule has 1 aromatic heterocycles. The molecule has 0 saturated carbocycles. The molecule has 0 spiro atoms. The summed E-state index contributed by atoms with van der Waals surface area (Å²) in [7, 11) is -3.69. The Kier molecular flexibility index (Phi) is 3.69. The standard InChI is InChI=1S/C14H18N4O2S/c15-14-10-13(11-6-8-16-9-7-11)18(17-14)21(19,20)12-4-2-1-3-5-12/h1-5,10-11,16H,6-9H2,(H2,15,17). The molecule has 112 valence electrons. The van der Waals surface area contributed by atoms with Gasteiger partial charge in [0, 0.05) is 12.0 Å². The van der Waals surface area contributed by atoms with Crippen LogP contribution in [0, 0.1) is 0 Å². The number of nitrogen functional groups attached to an aromatic ring is 1. The highest BCUT2D eigenvalue weighted by atomic mass is 32.2. The summed E-state index contributed by atoms with van der Waals surface area (Å²) in [5.41, 5.74) is 6.43. The Morgan fingerprint density at radius 3 is 2.52 bits per heavy atom. The van der Waals surface area contributed by atoms with E-state index in [4.69, 9.17) is 5.73 Å². The Bertz CT molecular complexity index is 719. The Morgan fingerprint density at radius 1 is 1.19 bits per heavy atom. The van der Waals surface area contributed by atoms with Crippen molar-refractivity contribution in [3.63, 3.8) is 0 Å². The molecule has 1 fully saturated rings. The lowest BCUT2D eigenvalue weighted by Gasteiger charge is -2.23. The SMILES string of the molecule is Nc1cc(C2CCNCC2)n(S(=O)(=O)c2ccccc2)n1. The van der Waals surface area contributed by atoms with Crippen LogP contribution in [0.25, 0.3) is 0 Å². The summed E-state index contributed by atoms with van der Waals surface area (Å²) in [6.45, 7) is 1.75. The lowest BCUT2D eigenvalue weighted by Crippen LogP contribution is -2.29. The van der Waals surface area contributed by atoms with Crippen LogP contribution in [0.1, 0.15) is 24.5 Å². The van der Waals surface area contributed by atoms with Crippen molar-refractivity contribution in [2.24, 2.45) is 0 Å². The Morgan fingerprint density at radius 2 is 1.86 bits per heavy atom. The molecule has 0 aliphatic carbocycles. The fraction of sp³-hybridized carbons (Fsp3) is 0.357. The first-order chi connectivity index (χ1) is 10.1. The van der Waals surface area contributed by atoms with Gasteiger partial charge in [0.25, 0.3) is 10.0 Å². The zero-order valence-corrected chi connectivity index (χ0v) is 12.4. The van der Waals surface area contributed by atoms with E-state index in [9.17, 15) is 8.42 Å². The second-order valence-corrected chi connectivity index (χ2v) is 6.95. The normalized spacial score (nSPS) is 17.0. The summed E-state index contributed by atoms with van der Waals surface area (Å²) >= 11 is 0. The Labute approximate surface area is 124 Å². The number of piperidine rings is 1. The van der Waals surface area contributed by atoms with Crippen LogP contribution in [0.15, 0.2) is 41.3 Å². The monoisotopic (exact) mass is 306 g/mol. The third-order valence-electron chi connectivity index (χ3n) is 3.75. The molecular weight excluding hydrogens is 288 g/mol. The first-order valence-corrected chi connectivity index (χ1v) is 8.40. The Hall–Kier alpha value is -1.86. The number of rotatable bonds is 3. The fourth-order valence-electron chi connectivity index (χ4n) is 2.67. The largest absolute Gasteiger partial charge is 0.382 e. The molecule has 2 aromatic rings. The molecule has 3 N–H and O–H groups in total. The van der Waals surface area contributed by atoms with E-state index in [1.165, 1.54) is 0 Å². The molecule has 1 aromatic carbocycles. The van der Waals surface area contributed by atoms with E-state index in [1.807, 2.05) is 0 Å². The zero-order chi connectivity index (χ0) is 14.9. The molecule has 0 radical (unpaired) electrons. The highest BCUT2D eigenvalue weighted by Gasteiger charge is 2.27. The average Bonchev–Trinajstić information content (AvgIpc) is 2.92. The van der Waals surface area contributed by atoms with Crippen LogP contribution in [-0.4, -0.2) is 30.7 Å². The van der Waals surface area contributed by atoms with Crippen molar-refractivity contribution in [2.75, 3.05) is 18.8 Å². The van der Waals surface area contributed by atoms with Crippen molar-refractivity contribution in [1.29, 1.82) is 0 Å². The number of hydrogen-bond acceptors (Lipinski definition) is 5. The number of nitrogens with two attached hydrogens (primary N) is 1. The third-order valence-corrected chi connectivity index (χ3v) is 5.36. The van der Waals surface area contributed by atoms with E-state index < -0.39 is 10.0 Å². The first-order valence-electron chi connectivity index (χ1n) is 6.96. The first kappa shape index (κ1) is 14.1. The quantitative estimate of drug-likeness (QED) is 0.888. The summed E-state index contributed by atoms with van der Waals surface area (Å²) in [6, 6.07) is 9.99. The van der Waals surface area contributed by atoms with Crippen LogP contribution in [0.3, 0.4) is 0 Å². The Balaban J connectivity index is 2.06. The van der Waals surface area contributed by atoms with Gasteiger partial charge in [0.2, 0.25) is 0 Å². The number of aromatic nitrogens is 2. The van der Waals surface area contributed by atoms with Gasteiger partial charge in [0.15, 0.2) is 0 Å². The summed E-state index contributed by atoms with van der Waals surface area (Å²) in [6.07, 6.45) is 1.77. The highest BCUT2D eigenvalue weighted by Crippen LogP contribution is 2.29. The van der Waals surface area contributed by atoms with Gasteiger partial charge < -0.3 is 11.1 Å². The van der Waals surface area contributed by atoms with E-state index in [0.29, 0.717) is 5.69 Å². The molecule has 1 aliphatic rings. The lowest BCUT2D eigenvalue weighted by molar-refractivity contribution is 0.447. The van der Waals surface area contributed by atoms with Crippen LogP contribution < -0.4 is 11.1 Å². The number of nitrogens with zero attached hydrogens (tertiary/aromatic N) is 2. The molecule has 7 heteroatoms. The summed E-state index contributed by atoms with van der Waals surface area (Å²) in [4.78, 5) is 0.225. The maximum Gasteiger partial charge on any atom is 0.283 e. The van der Waals surface area contributed by atoms with Gasteiger partial charge >= 0.3 is 0 Å². The van der Waals surface area contributed by atoms with Gasteiger partial charge in [0.05, 0.1) is 10.6 Å². The minimum absolute atomic E-state index is 0.162. The fourth-order valence-corrected chi connectivity index (χ4v) is 4.06. The second-order valence-electron chi connectivity index (χ2n) is 5.18. The second kappa shape index (κ2) is 5.50. The molecule has 3 rings (SSSR count). The minimum atomic E-state index is -3.69. The van der Waals surface area contributed by atoms with Gasteiger partial charge in [0.1, 0.15) is 5.82 Å². The summed E-state index contributed by atoms with van der Waals surface area (Å²) in [5, 5.41) is 7.29. The van der Waals surface area contributed by atoms with E-state index in [0.717, 1.165) is 30.0 Å². The van der Waals surface area contributed by atoms with Crippen molar-refractivity contribution >= 4 is 15.8 Å². The van der Waals surface area contributed by atoms with Gasteiger partial charge in [-0.1, -0.05) is 18.2 Å². The maximum absolute atomic E-state index is 12.7. The van der Waals surface area contributed by atoms with E-state index >= 15 is 0 Å². The number of hydrogen-bond donors (Lipinski definition) is 2. The lowest BCUT2D eigenvalue weighted by atomic mass is 9.95. The molecule has 0 amide bonds. The molecule has 2 heterocycles. The predicted molar refractivity (Wildman–Crippen MR) is 80.5 cm³/mol. The van der Waals surface area contributed by atoms with Crippen molar-refractivity contribution in [1.82, 2.24) is 14.5 Å². The topological polar surface area (TPSA) is 90.0 Å². The van der Waals surface area contributed by atoms with Crippen molar-refractivity contribution in [2.45, 2.75) is 23.7 Å². The van der Waals surface area contributed by atoms with Crippen LogP contribution >= 0.6 is 0 Å². The van der Waals surface area contributed by atoms with Crippen LogP contribution in [0.4, 0.5) is 5.82 Å². The molecule has 0 unspecified atom stereocenters. The van der Waals surface area contributed by atoms with Crippen LogP contribution in [0.2, 0.25) is 0 Å². The van der Waals surface area contributed by atoms with Crippen LogP contribution in [-0.2, 0) is 10.0 Å². The zero-order valence-electron chi connectivity index (χ0n) is 11.6. The average molecular weight is 306 g/mol. The maximum atomic E-state index is 12.7. The number of benzene rings is 1. The molecule has 6 nitrogen and oxygen atoms in total. The van der Waals surface area contributed by atoms with Gasteiger partial charge in [-0.3, -0.25) is 0 Å². The van der Waals surface area contributed by atoms with Crippen molar-refractivity contribution < 1.29 is 8.42 Å². The van der Waals surface area contributed by atoms with Gasteiger partial charge in [-0.2, -0.15) is 12.5 Å². The van der Waals surface area contributed by atoms with E-state index in [1.54, 1.807) is 36.4 Å². The minimum Gasteiger partial charge on any atom is -0.382 e. The molecule has 21 heavy (non-hydrogen) atoms. The van der Waals surface area contributed by atoms with Gasteiger partial charge in [-0.05, 0) is 38.1 Å². The smallest absolute Gasteiger partial charge is 0.283 e. The van der Waals surface area contributed by atoms with Gasteiger partial charge in [-0.25, -0.2) is 0 Å². The highest BCUT2D eigenvalue weighted by molar-refractivity contribution is 7.89. The molecular formula is C14H18N4O2S. The van der Waals surface area contributed by atoms with Crippen molar-refractivity contribution in [3.8, 4) is 0 Å². The summed E-state index contributed by atoms with van der Waals surface area (Å²) in [5.74, 6) is 0.401.